The molecule has 92 valence electrons. The summed E-state index contributed by atoms with van der Waals surface area (Å²) in [5.41, 5.74) is -0.943. The van der Waals surface area contributed by atoms with Crippen LogP contribution in [0, 0.1) is 0 Å². The standard InChI is InChI=1S/C11H18O5/c1-14-9(12)8-16-11(10(13)15-2)6-4-3-5-7-11/h3-8H2,1-2H3. The predicted octanol–water partition coefficient (Wildman–Crippen LogP) is 1.05. The van der Waals surface area contributed by atoms with E-state index in [1.807, 2.05) is 0 Å². The summed E-state index contributed by atoms with van der Waals surface area (Å²) in [4.78, 5) is 22.7. The van der Waals surface area contributed by atoms with Gasteiger partial charge in [-0.3, -0.25) is 0 Å². The molecule has 0 aliphatic heterocycles. The summed E-state index contributed by atoms with van der Waals surface area (Å²) in [6.07, 6.45) is 4.13. The first-order valence-electron chi connectivity index (χ1n) is 5.44. The van der Waals surface area contributed by atoms with Crippen LogP contribution in [0.3, 0.4) is 0 Å². The van der Waals surface area contributed by atoms with E-state index in [9.17, 15) is 9.59 Å². The average molecular weight is 230 g/mol. The van der Waals surface area contributed by atoms with Crippen LogP contribution in [0.1, 0.15) is 32.1 Å². The van der Waals surface area contributed by atoms with Crippen LogP contribution in [0.25, 0.3) is 0 Å². The van der Waals surface area contributed by atoms with Crippen molar-refractivity contribution in [1.82, 2.24) is 0 Å². The molecular formula is C11H18O5. The van der Waals surface area contributed by atoms with Gasteiger partial charge in [0, 0.05) is 0 Å². The molecule has 0 radical (unpaired) electrons. The van der Waals surface area contributed by atoms with Crippen molar-refractivity contribution < 1.29 is 23.8 Å². The van der Waals surface area contributed by atoms with Gasteiger partial charge in [0.25, 0.3) is 0 Å². The molecular weight excluding hydrogens is 212 g/mol. The molecule has 0 aromatic rings. The molecule has 5 heteroatoms. The molecule has 16 heavy (non-hydrogen) atoms. The first-order valence-corrected chi connectivity index (χ1v) is 5.44. The molecule has 0 unspecified atom stereocenters. The van der Waals surface area contributed by atoms with E-state index >= 15 is 0 Å². The molecule has 5 nitrogen and oxygen atoms in total. The number of carbonyl (C=O) groups excluding carboxylic acids is 2. The zero-order valence-corrected chi connectivity index (χ0v) is 9.78. The monoisotopic (exact) mass is 230 g/mol. The van der Waals surface area contributed by atoms with Crippen LogP contribution in [0.2, 0.25) is 0 Å². The summed E-state index contributed by atoms with van der Waals surface area (Å²) in [6.45, 7) is -0.203. The van der Waals surface area contributed by atoms with Gasteiger partial charge >= 0.3 is 11.9 Å². The van der Waals surface area contributed by atoms with Crippen LogP contribution in [-0.2, 0) is 23.8 Å². The van der Waals surface area contributed by atoms with Crippen LogP contribution >= 0.6 is 0 Å². The van der Waals surface area contributed by atoms with Gasteiger partial charge in [-0.1, -0.05) is 6.42 Å². The lowest BCUT2D eigenvalue weighted by Crippen LogP contribution is -2.45. The summed E-state index contributed by atoms with van der Waals surface area (Å²) >= 11 is 0. The van der Waals surface area contributed by atoms with E-state index in [2.05, 4.69) is 4.74 Å². The Kier molecular flexibility index (Phi) is 4.73. The number of ether oxygens (including phenoxy) is 3. The van der Waals surface area contributed by atoms with Gasteiger partial charge in [-0.05, 0) is 25.7 Å². The molecule has 1 saturated carbocycles. The zero-order chi connectivity index (χ0) is 12.0. The maximum absolute atomic E-state index is 11.7. The van der Waals surface area contributed by atoms with Crippen LogP contribution in [0.15, 0.2) is 0 Å². The van der Waals surface area contributed by atoms with Crippen molar-refractivity contribution in [3.8, 4) is 0 Å². The number of hydrogen-bond acceptors (Lipinski definition) is 5. The van der Waals surface area contributed by atoms with Crippen LogP contribution in [0.4, 0.5) is 0 Å². The quantitative estimate of drug-likeness (QED) is 0.675. The first-order chi connectivity index (χ1) is 7.64. The third kappa shape index (κ3) is 2.95. The fourth-order valence-corrected chi connectivity index (χ4v) is 1.97. The van der Waals surface area contributed by atoms with E-state index in [0.29, 0.717) is 12.8 Å². The first kappa shape index (κ1) is 13.0. The van der Waals surface area contributed by atoms with Crippen molar-refractivity contribution in [3.63, 3.8) is 0 Å². The van der Waals surface area contributed by atoms with Gasteiger partial charge in [0.1, 0.15) is 6.61 Å². The zero-order valence-electron chi connectivity index (χ0n) is 9.78. The average Bonchev–Trinajstić information content (AvgIpc) is 2.36. The smallest absolute Gasteiger partial charge is 0.338 e. The van der Waals surface area contributed by atoms with Gasteiger partial charge in [-0.25, -0.2) is 9.59 Å². The number of rotatable bonds is 4. The Morgan fingerprint density at radius 1 is 1.06 bits per heavy atom. The molecule has 0 amide bonds. The molecule has 0 bridgehead atoms. The van der Waals surface area contributed by atoms with Crippen molar-refractivity contribution in [1.29, 1.82) is 0 Å². The second-order valence-electron chi connectivity index (χ2n) is 3.91. The number of hydrogen-bond donors (Lipinski definition) is 0. The van der Waals surface area contributed by atoms with E-state index in [0.717, 1.165) is 19.3 Å². The highest BCUT2D eigenvalue weighted by Gasteiger charge is 2.42. The maximum Gasteiger partial charge on any atom is 0.338 e. The van der Waals surface area contributed by atoms with E-state index < -0.39 is 17.5 Å². The Hall–Kier alpha value is -1.10. The maximum atomic E-state index is 11.7. The minimum Gasteiger partial charge on any atom is -0.467 e. The summed E-state index contributed by atoms with van der Waals surface area (Å²) in [6, 6.07) is 0. The Morgan fingerprint density at radius 3 is 2.19 bits per heavy atom. The molecule has 1 aliphatic carbocycles. The Morgan fingerprint density at radius 2 is 1.69 bits per heavy atom. The fourth-order valence-electron chi connectivity index (χ4n) is 1.97. The number of carbonyl (C=O) groups is 2. The Bertz CT molecular complexity index is 255. The lowest BCUT2D eigenvalue weighted by molar-refractivity contribution is -0.179. The van der Waals surface area contributed by atoms with Crippen molar-refractivity contribution in [2.75, 3.05) is 20.8 Å². The molecule has 1 aliphatic rings. The Labute approximate surface area is 95.0 Å². The molecule has 0 N–H and O–H groups in total. The molecule has 0 saturated heterocycles. The van der Waals surface area contributed by atoms with Gasteiger partial charge < -0.3 is 14.2 Å². The summed E-state index contributed by atoms with van der Waals surface area (Å²) < 4.78 is 14.7. The number of esters is 2. The predicted molar refractivity (Wildman–Crippen MR) is 55.8 cm³/mol. The molecule has 0 aromatic heterocycles. The second-order valence-corrected chi connectivity index (χ2v) is 3.91. The van der Waals surface area contributed by atoms with Gasteiger partial charge in [0.15, 0.2) is 5.60 Å². The molecule has 0 atom stereocenters. The van der Waals surface area contributed by atoms with Crippen molar-refractivity contribution in [3.05, 3.63) is 0 Å². The van der Waals surface area contributed by atoms with Crippen molar-refractivity contribution >= 4 is 11.9 Å². The third-order valence-electron chi connectivity index (χ3n) is 2.91. The lowest BCUT2D eigenvalue weighted by atomic mass is 9.84. The van der Waals surface area contributed by atoms with Crippen molar-refractivity contribution in [2.24, 2.45) is 0 Å². The fraction of sp³-hybridized carbons (Fsp3) is 0.818. The third-order valence-corrected chi connectivity index (χ3v) is 2.91. The SMILES string of the molecule is COC(=O)COC1(C(=O)OC)CCCCC1. The van der Waals surface area contributed by atoms with Gasteiger partial charge in [0.2, 0.25) is 0 Å². The summed E-state index contributed by atoms with van der Waals surface area (Å²) in [5, 5.41) is 0. The molecule has 1 fully saturated rings. The van der Waals surface area contributed by atoms with Crippen LogP contribution in [-0.4, -0.2) is 38.4 Å². The van der Waals surface area contributed by atoms with Gasteiger partial charge in [0.05, 0.1) is 14.2 Å². The second kappa shape index (κ2) is 5.84. The highest BCUT2D eigenvalue weighted by molar-refractivity contribution is 5.80. The van der Waals surface area contributed by atoms with E-state index in [-0.39, 0.29) is 6.61 Å². The molecule has 0 aromatic carbocycles. The van der Waals surface area contributed by atoms with E-state index in [4.69, 9.17) is 9.47 Å². The largest absolute Gasteiger partial charge is 0.467 e. The van der Waals surface area contributed by atoms with Crippen LogP contribution < -0.4 is 0 Å². The molecule has 1 rings (SSSR count). The molecule has 0 heterocycles. The Balaban J connectivity index is 2.63. The number of methoxy groups -OCH3 is 2. The van der Waals surface area contributed by atoms with E-state index in [1.54, 1.807) is 0 Å². The highest BCUT2D eigenvalue weighted by Crippen LogP contribution is 2.32. The van der Waals surface area contributed by atoms with Crippen molar-refractivity contribution in [2.45, 2.75) is 37.7 Å². The highest BCUT2D eigenvalue weighted by atomic mass is 16.6. The summed E-state index contributed by atoms with van der Waals surface area (Å²) in [5.74, 6) is -0.870. The molecule has 0 spiro atoms. The van der Waals surface area contributed by atoms with Gasteiger partial charge in [-0.2, -0.15) is 0 Å². The minimum absolute atomic E-state index is 0.203. The normalized spacial score (nSPS) is 18.9. The minimum atomic E-state index is -0.943. The van der Waals surface area contributed by atoms with Crippen LogP contribution in [0.5, 0.6) is 0 Å². The van der Waals surface area contributed by atoms with E-state index in [1.165, 1.54) is 14.2 Å². The topological polar surface area (TPSA) is 61.8 Å². The summed E-state index contributed by atoms with van der Waals surface area (Å²) in [7, 11) is 2.62. The lowest BCUT2D eigenvalue weighted by Gasteiger charge is -2.33. The van der Waals surface area contributed by atoms with Gasteiger partial charge in [-0.15, -0.1) is 0 Å².